The number of carbonyl (C=O) groups is 1. The standard InChI is InChI=1S/C15H22O2/c1-3-7-13(2)15(16)10-11-17-12-14-8-5-4-6-9-14/h4-6,8-9,13H,3,7,10-12H2,1-2H3. The van der Waals surface area contributed by atoms with E-state index in [4.69, 9.17) is 4.74 Å². The van der Waals surface area contributed by atoms with Crippen molar-refractivity contribution in [2.45, 2.75) is 39.7 Å². The average molecular weight is 234 g/mol. The van der Waals surface area contributed by atoms with E-state index in [0.29, 0.717) is 25.4 Å². The second kappa shape index (κ2) is 8.02. The van der Waals surface area contributed by atoms with E-state index < -0.39 is 0 Å². The Kier molecular flexibility index (Phi) is 6.56. The van der Waals surface area contributed by atoms with Crippen LogP contribution < -0.4 is 0 Å². The zero-order chi connectivity index (χ0) is 12.5. The minimum atomic E-state index is 0.181. The van der Waals surface area contributed by atoms with Gasteiger partial charge in [0.2, 0.25) is 0 Å². The van der Waals surface area contributed by atoms with Crippen LogP contribution in [0.3, 0.4) is 0 Å². The lowest BCUT2D eigenvalue weighted by Gasteiger charge is -2.09. The van der Waals surface area contributed by atoms with Crippen LogP contribution in [-0.2, 0) is 16.1 Å². The Labute approximate surface area is 104 Å². The lowest BCUT2D eigenvalue weighted by atomic mass is 9.99. The Bertz CT molecular complexity index is 319. The number of carbonyl (C=O) groups excluding carboxylic acids is 1. The molecule has 0 amide bonds. The van der Waals surface area contributed by atoms with E-state index >= 15 is 0 Å². The topological polar surface area (TPSA) is 26.3 Å². The summed E-state index contributed by atoms with van der Waals surface area (Å²) in [7, 11) is 0. The van der Waals surface area contributed by atoms with Gasteiger partial charge in [0, 0.05) is 12.3 Å². The Morgan fingerprint density at radius 2 is 2.00 bits per heavy atom. The van der Waals surface area contributed by atoms with Gasteiger partial charge in [-0.05, 0) is 12.0 Å². The molecule has 0 saturated carbocycles. The fourth-order valence-corrected chi connectivity index (χ4v) is 1.78. The van der Waals surface area contributed by atoms with E-state index in [2.05, 4.69) is 6.92 Å². The third-order valence-corrected chi connectivity index (χ3v) is 2.88. The van der Waals surface area contributed by atoms with Crippen molar-refractivity contribution in [3.8, 4) is 0 Å². The van der Waals surface area contributed by atoms with Gasteiger partial charge in [0.25, 0.3) is 0 Å². The van der Waals surface area contributed by atoms with E-state index in [1.54, 1.807) is 0 Å². The summed E-state index contributed by atoms with van der Waals surface area (Å²) < 4.78 is 5.50. The molecule has 1 unspecified atom stereocenters. The summed E-state index contributed by atoms with van der Waals surface area (Å²) in [5, 5.41) is 0. The third kappa shape index (κ3) is 5.64. The van der Waals surface area contributed by atoms with Gasteiger partial charge in [-0.1, -0.05) is 50.6 Å². The molecule has 0 aliphatic heterocycles. The number of ether oxygens (including phenoxy) is 1. The van der Waals surface area contributed by atoms with Crippen molar-refractivity contribution in [1.29, 1.82) is 0 Å². The molecule has 0 fully saturated rings. The van der Waals surface area contributed by atoms with E-state index in [9.17, 15) is 4.79 Å². The smallest absolute Gasteiger partial charge is 0.137 e. The van der Waals surface area contributed by atoms with Gasteiger partial charge in [-0.15, -0.1) is 0 Å². The first-order valence-electron chi connectivity index (χ1n) is 6.38. The molecule has 0 aliphatic carbocycles. The van der Waals surface area contributed by atoms with Crippen LogP contribution in [0.1, 0.15) is 38.7 Å². The lowest BCUT2D eigenvalue weighted by molar-refractivity contribution is -0.123. The molecule has 0 radical (unpaired) electrons. The summed E-state index contributed by atoms with van der Waals surface area (Å²) in [6.07, 6.45) is 2.59. The molecule has 17 heavy (non-hydrogen) atoms. The summed E-state index contributed by atoms with van der Waals surface area (Å²) in [5.41, 5.74) is 1.15. The molecule has 94 valence electrons. The molecule has 1 atom stereocenters. The van der Waals surface area contributed by atoms with Crippen molar-refractivity contribution in [3.63, 3.8) is 0 Å². The maximum atomic E-state index is 11.7. The molecule has 0 aliphatic rings. The Morgan fingerprint density at radius 3 is 2.65 bits per heavy atom. The van der Waals surface area contributed by atoms with Gasteiger partial charge in [-0.2, -0.15) is 0 Å². The molecule has 0 bridgehead atoms. The van der Waals surface area contributed by atoms with Gasteiger partial charge in [-0.25, -0.2) is 0 Å². The SMILES string of the molecule is CCCC(C)C(=O)CCOCc1ccccc1. The zero-order valence-corrected chi connectivity index (χ0v) is 10.8. The number of Topliss-reactive ketones (excluding diaryl/α,β-unsaturated/α-hetero) is 1. The highest BCUT2D eigenvalue weighted by atomic mass is 16.5. The highest BCUT2D eigenvalue weighted by Crippen LogP contribution is 2.09. The zero-order valence-electron chi connectivity index (χ0n) is 10.8. The summed E-state index contributed by atoms with van der Waals surface area (Å²) in [6, 6.07) is 10.0. The predicted octanol–water partition coefficient (Wildman–Crippen LogP) is 3.60. The fraction of sp³-hybridized carbons (Fsp3) is 0.533. The van der Waals surface area contributed by atoms with Crippen LogP contribution in [0.5, 0.6) is 0 Å². The molecule has 1 aromatic rings. The van der Waals surface area contributed by atoms with E-state index in [0.717, 1.165) is 18.4 Å². The molecule has 0 saturated heterocycles. The van der Waals surface area contributed by atoms with Crippen LogP contribution in [0, 0.1) is 5.92 Å². The van der Waals surface area contributed by atoms with Crippen LogP contribution in [0.25, 0.3) is 0 Å². The van der Waals surface area contributed by atoms with Crippen LogP contribution >= 0.6 is 0 Å². The fourth-order valence-electron chi connectivity index (χ4n) is 1.78. The highest BCUT2D eigenvalue weighted by Gasteiger charge is 2.10. The van der Waals surface area contributed by atoms with Crippen LogP contribution in [0.15, 0.2) is 30.3 Å². The molecular formula is C15H22O2. The number of benzene rings is 1. The molecule has 0 aromatic heterocycles. The summed E-state index contributed by atoms with van der Waals surface area (Å²) >= 11 is 0. The molecule has 1 aromatic carbocycles. The van der Waals surface area contributed by atoms with Crippen LogP contribution in [0.2, 0.25) is 0 Å². The molecule has 1 rings (SSSR count). The van der Waals surface area contributed by atoms with E-state index in [1.807, 2.05) is 37.3 Å². The first-order valence-corrected chi connectivity index (χ1v) is 6.38. The second-order valence-electron chi connectivity index (χ2n) is 4.44. The van der Waals surface area contributed by atoms with Gasteiger partial charge in [0.1, 0.15) is 5.78 Å². The van der Waals surface area contributed by atoms with Crippen molar-refractivity contribution < 1.29 is 9.53 Å². The third-order valence-electron chi connectivity index (χ3n) is 2.88. The Morgan fingerprint density at radius 1 is 1.29 bits per heavy atom. The summed E-state index contributed by atoms with van der Waals surface area (Å²) in [4.78, 5) is 11.7. The summed E-state index contributed by atoms with van der Waals surface area (Å²) in [6.45, 7) is 5.23. The Balaban J connectivity index is 2.14. The average Bonchev–Trinajstić information content (AvgIpc) is 2.36. The number of hydrogen-bond donors (Lipinski definition) is 0. The summed E-state index contributed by atoms with van der Waals surface area (Å²) in [5.74, 6) is 0.500. The first kappa shape index (κ1) is 13.9. The Hall–Kier alpha value is -1.15. The second-order valence-corrected chi connectivity index (χ2v) is 4.44. The maximum absolute atomic E-state index is 11.7. The molecule has 0 heterocycles. The number of hydrogen-bond acceptors (Lipinski definition) is 2. The minimum Gasteiger partial charge on any atom is -0.376 e. The van der Waals surface area contributed by atoms with Crippen molar-refractivity contribution >= 4 is 5.78 Å². The number of rotatable bonds is 8. The van der Waals surface area contributed by atoms with Crippen molar-refractivity contribution in [3.05, 3.63) is 35.9 Å². The van der Waals surface area contributed by atoms with Crippen LogP contribution in [0.4, 0.5) is 0 Å². The molecule has 2 heteroatoms. The van der Waals surface area contributed by atoms with Crippen molar-refractivity contribution in [1.82, 2.24) is 0 Å². The van der Waals surface area contributed by atoms with Gasteiger partial charge >= 0.3 is 0 Å². The quantitative estimate of drug-likeness (QED) is 0.642. The highest BCUT2D eigenvalue weighted by molar-refractivity contribution is 5.80. The van der Waals surface area contributed by atoms with Crippen LogP contribution in [-0.4, -0.2) is 12.4 Å². The maximum Gasteiger partial charge on any atom is 0.137 e. The molecule has 0 spiro atoms. The monoisotopic (exact) mass is 234 g/mol. The van der Waals surface area contributed by atoms with Gasteiger partial charge in [-0.3, -0.25) is 4.79 Å². The normalized spacial score (nSPS) is 12.4. The molecular weight excluding hydrogens is 212 g/mol. The van der Waals surface area contributed by atoms with Crippen molar-refractivity contribution in [2.75, 3.05) is 6.61 Å². The van der Waals surface area contributed by atoms with Gasteiger partial charge in [0.15, 0.2) is 0 Å². The molecule has 2 nitrogen and oxygen atoms in total. The lowest BCUT2D eigenvalue weighted by Crippen LogP contribution is -2.13. The predicted molar refractivity (Wildman–Crippen MR) is 69.8 cm³/mol. The van der Waals surface area contributed by atoms with Gasteiger partial charge < -0.3 is 4.74 Å². The van der Waals surface area contributed by atoms with Crippen molar-refractivity contribution in [2.24, 2.45) is 5.92 Å². The molecule has 0 N–H and O–H groups in total. The van der Waals surface area contributed by atoms with Gasteiger partial charge in [0.05, 0.1) is 13.2 Å². The van der Waals surface area contributed by atoms with E-state index in [-0.39, 0.29) is 5.92 Å². The number of ketones is 1. The van der Waals surface area contributed by atoms with E-state index in [1.165, 1.54) is 0 Å². The first-order chi connectivity index (χ1) is 8.24. The minimum absolute atomic E-state index is 0.181. The largest absolute Gasteiger partial charge is 0.376 e.